The number of benzene rings is 3. The van der Waals surface area contributed by atoms with Gasteiger partial charge in [0.2, 0.25) is 0 Å². The highest BCUT2D eigenvalue weighted by atomic mass is 19.1. The topological polar surface area (TPSA) is 47.2 Å². The lowest BCUT2D eigenvalue weighted by Gasteiger charge is -2.31. The average molecular weight is 458 g/mol. The van der Waals surface area contributed by atoms with Gasteiger partial charge in [-0.15, -0.1) is 0 Å². The van der Waals surface area contributed by atoms with Crippen molar-refractivity contribution in [2.24, 2.45) is 5.92 Å². The highest BCUT2D eigenvalue weighted by molar-refractivity contribution is 5.97. The lowest BCUT2D eigenvalue weighted by Crippen LogP contribution is -2.39. The molecule has 1 fully saturated rings. The first-order valence-electron chi connectivity index (χ1n) is 11.8. The molecule has 5 nitrogen and oxygen atoms in total. The Bertz CT molecular complexity index is 1330. The van der Waals surface area contributed by atoms with Crippen LogP contribution < -0.4 is 5.69 Å². The first-order valence-corrected chi connectivity index (χ1v) is 11.8. The van der Waals surface area contributed by atoms with Crippen LogP contribution in [-0.2, 0) is 13.1 Å². The van der Waals surface area contributed by atoms with Crippen molar-refractivity contribution in [3.05, 3.63) is 106 Å². The quantitative estimate of drug-likeness (QED) is 0.382. The Balaban J connectivity index is 1.25. The molecule has 1 aromatic heterocycles. The van der Waals surface area contributed by atoms with E-state index in [1.165, 1.54) is 12.1 Å². The lowest BCUT2D eigenvalue weighted by atomic mass is 9.89. The number of ketones is 1. The SMILES string of the molecule is O=C(c1ccc(F)cc1)C1CCN(CCn2c(=O)n(Cc3ccccc3)c3ccccc32)CC1. The minimum atomic E-state index is -0.327. The van der Waals surface area contributed by atoms with Gasteiger partial charge >= 0.3 is 5.69 Å². The molecule has 5 rings (SSSR count). The molecule has 0 atom stereocenters. The Labute approximate surface area is 198 Å². The number of Topliss-reactive ketones (excluding diaryl/α,β-unsaturated/α-hetero) is 1. The second-order valence-corrected chi connectivity index (χ2v) is 8.98. The van der Waals surface area contributed by atoms with Crippen molar-refractivity contribution in [1.82, 2.24) is 14.0 Å². The second-order valence-electron chi connectivity index (χ2n) is 8.98. The minimum absolute atomic E-state index is 0.00595. The van der Waals surface area contributed by atoms with Crippen LogP contribution >= 0.6 is 0 Å². The van der Waals surface area contributed by atoms with Gasteiger partial charge in [0.25, 0.3) is 0 Å². The Morgan fingerprint density at radius 2 is 1.41 bits per heavy atom. The fraction of sp³-hybridized carbons (Fsp3) is 0.286. The molecule has 34 heavy (non-hydrogen) atoms. The number of imidazole rings is 1. The second kappa shape index (κ2) is 9.77. The predicted molar refractivity (Wildman–Crippen MR) is 132 cm³/mol. The van der Waals surface area contributed by atoms with E-state index in [0.717, 1.165) is 49.1 Å². The molecule has 1 aliphatic heterocycles. The number of nitrogens with zero attached hydrogens (tertiary/aromatic N) is 3. The molecule has 3 aromatic carbocycles. The summed E-state index contributed by atoms with van der Waals surface area (Å²) in [7, 11) is 0. The first kappa shape index (κ1) is 22.3. The van der Waals surface area contributed by atoms with Crippen LogP contribution in [0.3, 0.4) is 0 Å². The zero-order chi connectivity index (χ0) is 23.5. The molecule has 1 aliphatic rings. The van der Waals surface area contributed by atoms with Gasteiger partial charge in [0, 0.05) is 24.6 Å². The van der Waals surface area contributed by atoms with E-state index in [4.69, 9.17) is 0 Å². The number of halogens is 1. The van der Waals surface area contributed by atoms with Gasteiger partial charge in [-0.25, -0.2) is 9.18 Å². The Morgan fingerprint density at radius 3 is 2.09 bits per heavy atom. The van der Waals surface area contributed by atoms with Crippen LogP contribution in [0, 0.1) is 11.7 Å². The summed E-state index contributed by atoms with van der Waals surface area (Å²) in [6.45, 7) is 3.54. The van der Waals surface area contributed by atoms with Crippen LogP contribution in [0.25, 0.3) is 11.0 Å². The first-order chi connectivity index (χ1) is 16.6. The van der Waals surface area contributed by atoms with Crippen molar-refractivity contribution in [3.8, 4) is 0 Å². The molecule has 0 saturated carbocycles. The van der Waals surface area contributed by atoms with Crippen molar-refractivity contribution < 1.29 is 9.18 Å². The molecule has 0 N–H and O–H groups in total. The zero-order valence-electron chi connectivity index (χ0n) is 19.1. The van der Waals surface area contributed by atoms with E-state index < -0.39 is 0 Å². The van der Waals surface area contributed by atoms with Crippen molar-refractivity contribution in [3.63, 3.8) is 0 Å². The highest BCUT2D eigenvalue weighted by Crippen LogP contribution is 2.22. The number of hydrogen-bond acceptors (Lipinski definition) is 3. The molecular weight excluding hydrogens is 429 g/mol. The summed E-state index contributed by atoms with van der Waals surface area (Å²) < 4.78 is 16.9. The molecule has 0 aliphatic carbocycles. The summed E-state index contributed by atoms with van der Waals surface area (Å²) in [5.41, 5.74) is 3.58. The number of fused-ring (bicyclic) bond motifs is 1. The largest absolute Gasteiger partial charge is 0.329 e. The van der Waals surface area contributed by atoms with E-state index in [-0.39, 0.29) is 23.2 Å². The fourth-order valence-corrected chi connectivity index (χ4v) is 4.92. The van der Waals surface area contributed by atoms with Crippen LogP contribution in [0.4, 0.5) is 4.39 Å². The van der Waals surface area contributed by atoms with Gasteiger partial charge in [0.15, 0.2) is 5.78 Å². The number of carbonyl (C=O) groups is 1. The third kappa shape index (κ3) is 4.59. The molecule has 174 valence electrons. The van der Waals surface area contributed by atoms with Crippen LogP contribution in [0.2, 0.25) is 0 Å². The van der Waals surface area contributed by atoms with Crippen molar-refractivity contribution >= 4 is 16.8 Å². The van der Waals surface area contributed by atoms with Crippen LogP contribution in [0.1, 0.15) is 28.8 Å². The molecule has 2 heterocycles. The number of para-hydroxylation sites is 2. The van der Waals surface area contributed by atoms with Gasteiger partial charge in [-0.05, 0) is 67.9 Å². The molecule has 0 bridgehead atoms. The maximum absolute atomic E-state index is 13.3. The molecule has 6 heteroatoms. The van der Waals surface area contributed by atoms with E-state index in [2.05, 4.69) is 4.90 Å². The van der Waals surface area contributed by atoms with E-state index in [1.54, 1.807) is 12.1 Å². The third-order valence-corrected chi connectivity index (χ3v) is 6.84. The van der Waals surface area contributed by atoms with Crippen LogP contribution in [0.15, 0.2) is 83.7 Å². The molecule has 0 amide bonds. The maximum Gasteiger partial charge on any atom is 0.329 e. The number of piperidine rings is 1. The van der Waals surface area contributed by atoms with Gasteiger partial charge < -0.3 is 4.90 Å². The highest BCUT2D eigenvalue weighted by Gasteiger charge is 2.26. The molecule has 4 aromatic rings. The number of aromatic nitrogens is 2. The van der Waals surface area contributed by atoms with Crippen molar-refractivity contribution in [2.45, 2.75) is 25.9 Å². The van der Waals surface area contributed by atoms with Gasteiger partial charge in [-0.1, -0.05) is 42.5 Å². The minimum Gasteiger partial charge on any atom is -0.302 e. The maximum atomic E-state index is 13.3. The number of rotatable bonds is 7. The zero-order valence-corrected chi connectivity index (χ0v) is 19.1. The molecule has 0 unspecified atom stereocenters. The Kier molecular flexibility index (Phi) is 6.41. The lowest BCUT2D eigenvalue weighted by molar-refractivity contribution is 0.0837. The van der Waals surface area contributed by atoms with Gasteiger partial charge in [-0.2, -0.15) is 0 Å². The van der Waals surface area contributed by atoms with Crippen LogP contribution in [-0.4, -0.2) is 39.5 Å². The third-order valence-electron chi connectivity index (χ3n) is 6.84. The van der Waals surface area contributed by atoms with E-state index in [0.29, 0.717) is 18.7 Å². The van der Waals surface area contributed by atoms with E-state index >= 15 is 0 Å². The molecular formula is C28H28FN3O2. The summed E-state index contributed by atoms with van der Waals surface area (Å²) in [5.74, 6) is -0.260. The van der Waals surface area contributed by atoms with Gasteiger partial charge in [0.1, 0.15) is 5.82 Å². The average Bonchev–Trinajstić information content (AvgIpc) is 3.14. The standard InChI is InChI=1S/C28H28FN3O2/c29-24-12-10-22(11-13-24)27(33)23-14-16-30(17-15-23)18-19-31-25-8-4-5-9-26(25)32(28(31)34)20-21-6-2-1-3-7-21/h1-13,23H,14-20H2. The Hall–Kier alpha value is -3.51. The number of likely N-dealkylation sites (tertiary alicyclic amines) is 1. The summed E-state index contributed by atoms with van der Waals surface area (Å²) in [4.78, 5) is 28.4. The summed E-state index contributed by atoms with van der Waals surface area (Å²) in [6.07, 6.45) is 1.56. The Morgan fingerprint density at radius 1 is 0.794 bits per heavy atom. The predicted octanol–water partition coefficient (Wildman–Crippen LogP) is 4.59. The summed E-state index contributed by atoms with van der Waals surface area (Å²) in [6, 6.07) is 23.8. The molecule has 0 spiro atoms. The number of carbonyl (C=O) groups excluding carboxylic acids is 1. The van der Waals surface area contributed by atoms with E-state index in [1.807, 2.05) is 63.7 Å². The normalized spacial score (nSPS) is 15.1. The monoisotopic (exact) mass is 457 g/mol. The molecule has 0 radical (unpaired) electrons. The van der Waals surface area contributed by atoms with E-state index in [9.17, 15) is 14.0 Å². The smallest absolute Gasteiger partial charge is 0.302 e. The molecule has 1 saturated heterocycles. The van der Waals surface area contributed by atoms with Crippen LogP contribution in [0.5, 0.6) is 0 Å². The van der Waals surface area contributed by atoms with Crippen molar-refractivity contribution in [1.29, 1.82) is 0 Å². The van der Waals surface area contributed by atoms with Crippen molar-refractivity contribution in [2.75, 3.05) is 19.6 Å². The number of hydrogen-bond donors (Lipinski definition) is 0. The summed E-state index contributed by atoms with van der Waals surface area (Å²) in [5, 5.41) is 0. The van der Waals surface area contributed by atoms with Gasteiger partial charge in [0.05, 0.1) is 17.6 Å². The summed E-state index contributed by atoms with van der Waals surface area (Å²) >= 11 is 0. The van der Waals surface area contributed by atoms with Gasteiger partial charge in [-0.3, -0.25) is 13.9 Å². The fourth-order valence-electron chi connectivity index (χ4n) is 4.92.